The van der Waals surface area contributed by atoms with Crippen LogP contribution in [0.15, 0.2) is 53.7 Å². The summed E-state index contributed by atoms with van der Waals surface area (Å²) in [4.78, 5) is 5.95. The highest BCUT2D eigenvalue weighted by atomic mass is 32.2. The first-order chi connectivity index (χ1) is 10.9. The van der Waals surface area contributed by atoms with E-state index in [-0.39, 0.29) is 10.9 Å². The topological polar surface area (TPSA) is 71.5 Å². The number of hydrogen-bond acceptors (Lipinski definition) is 5. The van der Waals surface area contributed by atoms with Crippen LogP contribution in [0.2, 0.25) is 0 Å². The molecule has 1 N–H and O–H groups in total. The molecular weight excluding hydrogens is 314 g/mol. The molecule has 1 unspecified atom stereocenters. The number of nitrogens with zero attached hydrogens (tertiary/aromatic N) is 2. The van der Waals surface area contributed by atoms with E-state index in [1.165, 1.54) is 12.3 Å². The van der Waals surface area contributed by atoms with Crippen LogP contribution in [-0.4, -0.2) is 46.1 Å². The van der Waals surface area contributed by atoms with Crippen molar-refractivity contribution in [1.82, 2.24) is 14.6 Å². The lowest BCUT2D eigenvalue weighted by atomic mass is 10.1. The van der Waals surface area contributed by atoms with Gasteiger partial charge in [-0.15, -0.1) is 0 Å². The smallest absolute Gasteiger partial charge is 0.242 e. The average molecular weight is 335 g/mol. The van der Waals surface area contributed by atoms with E-state index < -0.39 is 10.0 Å². The van der Waals surface area contributed by atoms with Crippen molar-refractivity contribution in [3.63, 3.8) is 0 Å². The van der Waals surface area contributed by atoms with Gasteiger partial charge in [0.05, 0.1) is 13.2 Å². The molecule has 6 nitrogen and oxygen atoms in total. The van der Waals surface area contributed by atoms with E-state index in [4.69, 9.17) is 4.74 Å². The van der Waals surface area contributed by atoms with Gasteiger partial charge in [0.25, 0.3) is 0 Å². The minimum Gasteiger partial charge on any atom is -0.497 e. The van der Waals surface area contributed by atoms with Gasteiger partial charge in [0, 0.05) is 18.9 Å². The van der Waals surface area contributed by atoms with E-state index in [0.29, 0.717) is 6.54 Å². The number of likely N-dealkylation sites (N-methyl/N-ethyl adjacent to an activating group) is 1. The van der Waals surface area contributed by atoms with Crippen molar-refractivity contribution >= 4 is 10.0 Å². The Kier molecular flexibility index (Phi) is 5.70. The molecule has 0 saturated heterocycles. The Hall–Kier alpha value is -1.96. The minimum atomic E-state index is -3.64. The highest BCUT2D eigenvalue weighted by molar-refractivity contribution is 7.89. The van der Waals surface area contributed by atoms with Crippen LogP contribution in [0.5, 0.6) is 5.75 Å². The van der Waals surface area contributed by atoms with Gasteiger partial charge in [-0.25, -0.2) is 13.1 Å². The van der Waals surface area contributed by atoms with Gasteiger partial charge in [0.2, 0.25) is 10.0 Å². The molecule has 0 aliphatic rings. The van der Waals surface area contributed by atoms with Crippen molar-refractivity contribution in [2.24, 2.45) is 0 Å². The second kappa shape index (κ2) is 7.54. The maximum atomic E-state index is 12.5. The van der Waals surface area contributed by atoms with E-state index in [1.54, 1.807) is 19.4 Å². The number of ether oxygens (including phenoxy) is 1. The number of rotatable bonds is 7. The van der Waals surface area contributed by atoms with Crippen molar-refractivity contribution in [3.8, 4) is 5.75 Å². The van der Waals surface area contributed by atoms with Gasteiger partial charge in [-0.3, -0.25) is 4.98 Å². The summed E-state index contributed by atoms with van der Waals surface area (Å²) in [5, 5.41) is 0. The molecule has 0 fully saturated rings. The molecular formula is C16H21N3O3S. The monoisotopic (exact) mass is 335 g/mol. The summed E-state index contributed by atoms with van der Waals surface area (Å²) in [5.41, 5.74) is 0.868. The van der Waals surface area contributed by atoms with Crippen LogP contribution in [-0.2, 0) is 10.0 Å². The lowest BCUT2D eigenvalue weighted by molar-refractivity contribution is 0.363. The Balaban J connectivity index is 2.28. The number of hydrogen-bond donors (Lipinski definition) is 1. The zero-order valence-electron chi connectivity index (χ0n) is 13.4. The molecule has 7 heteroatoms. The number of aromatic nitrogens is 1. The molecule has 0 saturated carbocycles. The fourth-order valence-electron chi connectivity index (χ4n) is 2.17. The molecule has 2 rings (SSSR count). The first kappa shape index (κ1) is 17.4. The fourth-order valence-corrected chi connectivity index (χ4v) is 3.35. The summed E-state index contributed by atoms with van der Waals surface area (Å²) in [5.74, 6) is 0.729. The third-order valence-corrected chi connectivity index (χ3v) is 4.76. The van der Waals surface area contributed by atoms with Gasteiger partial charge < -0.3 is 9.64 Å². The maximum Gasteiger partial charge on any atom is 0.242 e. The van der Waals surface area contributed by atoms with E-state index in [0.717, 1.165) is 11.3 Å². The second-order valence-electron chi connectivity index (χ2n) is 5.40. The summed E-state index contributed by atoms with van der Waals surface area (Å²) in [6.07, 6.45) is 2.88. The standard InChI is InChI=1S/C16H21N3O3S/c1-19(2)12-16(13-6-8-14(22-3)9-7-13)18-23(20,21)15-5-4-10-17-11-15/h4-11,16,18H,12H2,1-3H3. The first-order valence-corrected chi connectivity index (χ1v) is 8.62. The van der Waals surface area contributed by atoms with Gasteiger partial charge in [-0.2, -0.15) is 0 Å². The predicted molar refractivity (Wildman–Crippen MR) is 88.8 cm³/mol. The normalized spacial score (nSPS) is 13.0. The van der Waals surface area contributed by atoms with Crippen LogP contribution in [0, 0.1) is 0 Å². The Morgan fingerprint density at radius 3 is 2.43 bits per heavy atom. The van der Waals surface area contributed by atoms with Gasteiger partial charge in [-0.05, 0) is 43.9 Å². The van der Waals surface area contributed by atoms with E-state index in [2.05, 4.69) is 9.71 Å². The molecule has 1 atom stereocenters. The molecule has 0 aliphatic carbocycles. The lowest BCUT2D eigenvalue weighted by Crippen LogP contribution is -2.35. The third-order valence-electron chi connectivity index (χ3n) is 3.31. The van der Waals surface area contributed by atoms with Crippen LogP contribution in [0.3, 0.4) is 0 Å². The molecule has 1 heterocycles. The molecule has 0 aliphatic heterocycles. The first-order valence-electron chi connectivity index (χ1n) is 7.13. The molecule has 0 radical (unpaired) electrons. The summed E-state index contributed by atoms with van der Waals surface area (Å²) in [6.45, 7) is 0.534. The molecule has 1 aromatic heterocycles. The third kappa shape index (κ3) is 4.75. The van der Waals surface area contributed by atoms with Crippen molar-refractivity contribution in [1.29, 1.82) is 0 Å². The van der Waals surface area contributed by atoms with Crippen LogP contribution in [0.25, 0.3) is 0 Å². The lowest BCUT2D eigenvalue weighted by Gasteiger charge is -2.23. The van der Waals surface area contributed by atoms with Crippen molar-refractivity contribution < 1.29 is 13.2 Å². The predicted octanol–water partition coefficient (Wildman–Crippen LogP) is 1.67. The van der Waals surface area contributed by atoms with Gasteiger partial charge >= 0.3 is 0 Å². The Morgan fingerprint density at radius 1 is 1.22 bits per heavy atom. The van der Waals surface area contributed by atoms with E-state index in [1.807, 2.05) is 43.3 Å². The van der Waals surface area contributed by atoms with Crippen LogP contribution in [0.1, 0.15) is 11.6 Å². The second-order valence-corrected chi connectivity index (χ2v) is 7.11. The number of pyridine rings is 1. The minimum absolute atomic E-state index is 0.150. The molecule has 1 aromatic carbocycles. The molecule has 2 aromatic rings. The van der Waals surface area contributed by atoms with E-state index in [9.17, 15) is 8.42 Å². The quantitative estimate of drug-likeness (QED) is 0.833. The highest BCUT2D eigenvalue weighted by Crippen LogP contribution is 2.20. The molecule has 0 amide bonds. The van der Waals surface area contributed by atoms with Crippen molar-refractivity contribution in [3.05, 3.63) is 54.4 Å². The zero-order chi connectivity index (χ0) is 16.9. The summed E-state index contributed by atoms with van der Waals surface area (Å²) in [6, 6.07) is 10.1. The van der Waals surface area contributed by atoms with Gasteiger partial charge in [0.1, 0.15) is 10.6 Å². The van der Waals surface area contributed by atoms with Crippen LogP contribution < -0.4 is 9.46 Å². The van der Waals surface area contributed by atoms with Gasteiger partial charge in [0.15, 0.2) is 0 Å². The largest absolute Gasteiger partial charge is 0.497 e. The Bertz CT molecular complexity index is 716. The Labute approximate surface area is 137 Å². The van der Waals surface area contributed by atoms with Crippen molar-refractivity contribution in [2.45, 2.75) is 10.9 Å². The number of methoxy groups -OCH3 is 1. The number of nitrogens with one attached hydrogen (secondary N) is 1. The maximum absolute atomic E-state index is 12.5. The summed E-state index contributed by atoms with van der Waals surface area (Å²) < 4.78 is 32.9. The van der Waals surface area contributed by atoms with Crippen molar-refractivity contribution in [2.75, 3.05) is 27.7 Å². The number of sulfonamides is 1. The molecule has 0 bridgehead atoms. The molecule has 0 spiro atoms. The fraction of sp³-hybridized carbons (Fsp3) is 0.312. The average Bonchev–Trinajstić information content (AvgIpc) is 2.54. The van der Waals surface area contributed by atoms with Gasteiger partial charge in [-0.1, -0.05) is 12.1 Å². The SMILES string of the molecule is COc1ccc(C(CN(C)C)NS(=O)(=O)c2cccnc2)cc1. The summed E-state index contributed by atoms with van der Waals surface area (Å²) >= 11 is 0. The van der Waals surface area contributed by atoms with E-state index >= 15 is 0 Å². The zero-order valence-corrected chi connectivity index (χ0v) is 14.2. The summed E-state index contributed by atoms with van der Waals surface area (Å²) in [7, 11) is 1.75. The van der Waals surface area contributed by atoms with Crippen LogP contribution in [0.4, 0.5) is 0 Å². The highest BCUT2D eigenvalue weighted by Gasteiger charge is 2.22. The Morgan fingerprint density at radius 2 is 1.91 bits per heavy atom. The number of benzene rings is 1. The van der Waals surface area contributed by atoms with Crippen LogP contribution >= 0.6 is 0 Å². The molecule has 124 valence electrons. The molecule has 23 heavy (non-hydrogen) atoms.